The minimum Gasteiger partial charge on any atom is -0.326 e. The summed E-state index contributed by atoms with van der Waals surface area (Å²) < 4.78 is 28.7. The van der Waals surface area contributed by atoms with Gasteiger partial charge in [-0.2, -0.15) is 0 Å². The van der Waals surface area contributed by atoms with Crippen LogP contribution in [0.15, 0.2) is 47.4 Å². The van der Waals surface area contributed by atoms with Gasteiger partial charge in [0, 0.05) is 25.0 Å². The first-order chi connectivity index (χ1) is 14.4. The molecule has 0 amide bonds. The first-order valence-electron chi connectivity index (χ1n) is 10.1. The number of rotatable bonds is 7. The Hall–Kier alpha value is -2.94. The lowest BCUT2D eigenvalue weighted by Crippen LogP contribution is -2.25. The molecule has 0 atom stereocenters. The Balaban J connectivity index is 1.58. The van der Waals surface area contributed by atoms with Crippen LogP contribution in [-0.2, 0) is 22.9 Å². The molecule has 30 heavy (non-hydrogen) atoms. The van der Waals surface area contributed by atoms with Crippen LogP contribution in [-0.4, -0.2) is 44.1 Å². The number of benzene rings is 1. The van der Waals surface area contributed by atoms with Gasteiger partial charge in [-0.1, -0.05) is 12.1 Å². The van der Waals surface area contributed by atoms with Gasteiger partial charge in [0.2, 0.25) is 0 Å². The van der Waals surface area contributed by atoms with Gasteiger partial charge >= 0.3 is 5.69 Å². The van der Waals surface area contributed by atoms with Crippen molar-refractivity contribution in [2.45, 2.75) is 38.4 Å². The number of fused-ring (bicyclic) bond motifs is 2. The number of sulfone groups is 1. The minimum absolute atomic E-state index is 0.0686. The second kappa shape index (κ2) is 7.09. The average molecular weight is 426 g/mol. The Morgan fingerprint density at radius 3 is 2.60 bits per heavy atom. The summed E-state index contributed by atoms with van der Waals surface area (Å²) in [5, 5.41) is 0. The maximum absolute atomic E-state index is 13.2. The number of pyridine rings is 1. The fourth-order valence-corrected chi connectivity index (χ4v) is 4.71. The predicted molar refractivity (Wildman–Crippen MR) is 115 cm³/mol. The summed E-state index contributed by atoms with van der Waals surface area (Å²) in [6, 6.07) is 11.8. The second-order valence-corrected chi connectivity index (χ2v) is 10.2. The zero-order chi connectivity index (χ0) is 20.9. The molecule has 156 valence electrons. The highest BCUT2D eigenvalue weighted by Crippen LogP contribution is 2.35. The Kier molecular flexibility index (Phi) is 4.50. The number of imidazole rings is 2. The number of hydrogen-bond acceptors (Lipinski definition) is 5. The van der Waals surface area contributed by atoms with E-state index in [0.717, 1.165) is 35.2 Å². The third kappa shape index (κ3) is 3.43. The quantitative estimate of drug-likeness (QED) is 0.453. The molecule has 9 heteroatoms. The van der Waals surface area contributed by atoms with Gasteiger partial charge in [0.05, 0.1) is 28.8 Å². The van der Waals surface area contributed by atoms with E-state index < -0.39 is 9.84 Å². The van der Waals surface area contributed by atoms with Crippen molar-refractivity contribution in [1.82, 2.24) is 23.7 Å². The molecular formula is C21H23N5O3S. The Bertz CT molecular complexity index is 1410. The highest BCUT2D eigenvalue weighted by atomic mass is 32.2. The van der Waals surface area contributed by atoms with E-state index in [0.29, 0.717) is 25.2 Å². The standard InChI is InChI=1S/C21H23N5O3S/c1-30(28,29)13-5-12-24-17-7-3-2-6-16(17)23-19(24)14-25-20-18(8-4-11-22-20)26(21(25)27)15-9-10-15/h2-4,6-8,11,15H,5,9-10,12-14H2,1H3. The molecule has 1 aliphatic rings. The summed E-state index contributed by atoms with van der Waals surface area (Å²) in [6.45, 7) is 0.811. The molecule has 1 fully saturated rings. The van der Waals surface area contributed by atoms with Crippen molar-refractivity contribution < 1.29 is 8.42 Å². The molecule has 0 radical (unpaired) electrons. The van der Waals surface area contributed by atoms with Crippen molar-refractivity contribution in [3.63, 3.8) is 0 Å². The fourth-order valence-electron chi connectivity index (χ4n) is 4.06. The van der Waals surface area contributed by atoms with Crippen molar-refractivity contribution in [3.05, 3.63) is 58.9 Å². The van der Waals surface area contributed by atoms with E-state index in [-0.39, 0.29) is 17.5 Å². The fraction of sp³-hybridized carbons (Fsp3) is 0.381. The molecule has 5 rings (SSSR count). The molecule has 0 bridgehead atoms. The number of nitrogens with zero attached hydrogens (tertiary/aromatic N) is 5. The summed E-state index contributed by atoms with van der Waals surface area (Å²) >= 11 is 0. The third-order valence-corrected chi connectivity index (χ3v) is 6.59. The number of aryl methyl sites for hydroxylation is 1. The van der Waals surface area contributed by atoms with E-state index >= 15 is 0 Å². The predicted octanol–water partition coefficient (Wildman–Crippen LogP) is 2.37. The third-order valence-electron chi connectivity index (χ3n) is 5.56. The summed E-state index contributed by atoms with van der Waals surface area (Å²) in [7, 11) is -3.04. The monoisotopic (exact) mass is 425 g/mol. The zero-order valence-corrected chi connectivity index (χ0v) is 17.5. The molecule has 1 aromatic carbocycles. The topological polar surface area (TPSA) is 91.8 Å². The van der Waals surface area contributed by atoms with Crippen LogP contribution in [0, 0.1) is 0 Å². The lowest BCUT2D eigenvalue weighted by atomic mass is 10.3. The first kappa shape index (κ1) is 19.0. The minimum atomic E-state index is -3.04. The van der Waals surface area contributed by atoms with Crippen molar-refractivity contribution in [1.29, 1.82) is 0 Å². The van der Waals surface area contributed by atoms with Gasteiger partial charge in [0.1, 0.15) is 15.7 Å². The zero-order valence-electron chi connectivity index (χ0n) is 16.7. The summed E-state index contributed by atoms with van der Waals surface area (Å²) in [5.74, 6) is 0.842. The van der Waals surface area contributed by atoms with Gasteiger partial charge < -0.3 is 4.57 Å². The lowest BCUT2D eigenvalue weighted by Gasteiger charge is -2.09. The van der Waals surface area contributed by atoms with Gasteiger partial charge in [-0.3, -0.25) is 9.13 Å². The number of hydrogen-bond donors (Lipinski definition) is 0. The van der Waals surface area contributed by atoms with Crippen LogP contribution in [0.1, 0.15) is 31.1 Å². The molecule has 0 spiro atoms. The van der Waals surface area contributed by atoms with Crippen LogP contribution in [0.5, 0.6) is 0 Å². The van der Waals surface area contributed by atoms with Gasteiger partial charge in [-0.25, -0.2) is 23.2 Å². The van der Waals surface area contributed by atoms with Crippen LogP contribution in [0.4, 0.5) is 0 Å². The molecule has 8 nitrogen and oxygen atoms in total. The molecular weight excluding hydrogens is 402 g/mol. The maximum atomic E-state index is 13.2. The summed E-state index contributed by atoms with van der Waals surface area (Å²) in [5.41, 5.74) is 3.21. The molecule has 0 saturated heterocycles. The van der Waals surface area contributed by atoms with E-state index in [1.807, 2.05) is 45.5 Å². The molecule has 0 N–H and O–H groups in total. The van der Waals surface area contributed by atoms with Crippen LogP contribution in [0.2, 0.25) is 0 Å². The van der Waals surface area contributed by atoms with E-state index in [4.69, 9.17) is 4.98 Å². The van der Waals surface area contributed by atoms with Crippen LogP contribution in [0.25, 0.3) is 22.2 Å². The Labute approximate surface area is 173 Å². The Morgan fingerprint density at radius 1 is 1.07 bits per heavy atom. The summed E-state index contributed by atoms with van der Waals surface area (Å²) in [6.07, 6.45) is 5.46. The first-order valence-corrected chi connectivity index (χ1v) is 12.2. The van der Waals surface area contributed by atoms with E-state index in [9.17, 15) is 13.2 Å². The molecule has 0 aliphatic heterocycles. The van der Waals surface area contributed by atoms with Crippen molar-refractivity contribution in [2.75, 3.05) is 12.0 Å². The summed E-state index contributed by atoms with van der Waals surface area (Å²) in [4.78, 5) is 22.4. The van der Waals surface area contributed by atoms with Crippen LogP contribution >= 0.6 is 0 Å². The molecule has 4 aromatic rings. The molecule has 0 unspecified atom stereocenters. The van der Waals surface area contributed by atoms with Crippen LogP contribution in [0.3, 0.4) is 0 Å². The van der Waals surface area contributed by atoms with Gasteiger partial charge in [-0.15, -0.1) is 0 Å². The van der Waals surface area contributed by atoms with Crippen LogP contribution < -0.4 is 5.69 Å². The molecule has 3 aromatic heterocycles. The largest absolute Gasteiger partial charge is 0.331 e. The van der Waals surface area contributed by atoms with E-state index in [1.54, 1.807) is 10.8 Å². The number of para-hydroxylation sites is 2. The van der Waals surface area contributed by atoms with Crippen molar-refractivity contribution in [2.24, 2.45) is 0 Å². The van der Waals surface area contributed by atoms with Crippen molar-refractivity contribution in [3.8, 4) is 0 Å². The maximum Gasteiger partial charge on any atom is 0.331 e. The highest BCUT2D eigenvalue weighted by Gasteiger charge is 2.29. The van der Waals surface area contributed by atoms with Gasteiger partial charge in [-0.05, 0) is 43.5 Å². The SMILES string of the molecule is CS(=O)(=O)CCCn1c(Cn2c(=O)n(C3CC3)c3cccnc32)nc2ccccc21. The second-order valence-electron chi connectivity index (χ2n) is 7.97. The lowest BCUT2D eigenvalue weighted by molar-refractivity contribution is 0.583. The van der Waals surface area contributed by atoms with Gasteiger partial charge in [0.25, 0.3) is 0 Å². The smallest absolute Gasteiger partial charge is 0.326 e. The molecule has 1 saturated carbocycles. The Morgan fingerprint density at radius 2 is 1.83 bits per heavy atom. The average Bonchev–Trinajstić information content (AvgIpc) is 3.42. The van der Waals surface area contributed by atoms with Crippen molar-refractivity contribution >= 4 is 32.0 Å². The number of aromatic nitrogens is 5. The highest BCUT2D eigenvalue weighted by molar-refractivity contribution is 7.90. The normalized spacial score (nSPS) is 14.7. The molecule has 3 heterocycles. The van der Waals surface area contributed by atoms with E-state index in [2.05, 4.69) is 4.98 Å². The van der Waals surface area contributed by atoms with E-state index in [1.165, 1.54) is 6.26 Å². The van der Waals surface area contributed by atoms with Gasteiger partial charge in [0.15, 0.2) is 5.65 Å². The molecule has 1 aliphatic carbocycles.